The van der Waals surface area contributed by atoms with Crippen molar-refractivity contribution >= 4 is 0 Å². The van der Waals surface area contributed by atoms with Crippen LogP contribution in [0.5, 0.6) is 17.2 Å². The first-order chi connectivity index (χ1) is 9.99. The lowest BCUT2D eigenvalue weighted by atomic mass is 9.84. The lowest BCUT2D eigenvalue weighted by Crippen LogP contribution is -2.04. The Kier molecular flexibility index (Phi) is 4.41. The minimum Gasteiger partial charge on any atom is -0.507 e. The van der Waals surface area contributed by atoms with Gasteiger partial charge in [-0.3, -0.25) is 0 Å². The van der Waals surface area contributed by atoms with Gasteiger partial charge in [0.25, 0.3) is 0 Å². The molecule has 2 aromatic rings. The van der Waals surface area contributed by atoms with Gasteiger partial charge in [0.05, 0.1) is 0 Å². The Balaban J connectivity index is 2.56. The number of rotatable bonds is 4. The van der Waals surface area contributed by atoms with Gasteiger partial charge in [-0.25, -0.2) is 0 Å². The van der Waals surface area contributed by atoms with E-state index in [1.807, 2.05) is 32.0 Å². The maximum Gasteiger partial charge on any atom is 0.157 e. The molecule has 0 bridgehead atoms. The van der Waals surface area contributed by atoms with Crippen molar-refractivity contribution < 1.29 is 15.3 Å². The van der Waals surface area contributed by atoms with Crippen LogP contribution in [0.15, 0.2) is 30.3 Å². The summed E-state index contributed by atoms with van der Waals surface area (Å²) >= 11 is 0. The summed E-state index contributed by atoms with van der Waals surface area (Å²) in [4.78, 5) is 0. The summed E-state index contributed by atoms with van der Waals surface area (Å²) in [6.45, 7) is 6.00. The molecule has 0 aromatic heterocycles. The van der Waals surface area contributed by atoms with E-state index in [1.165, 1.54) is 6.07 Å². The highest BCUT2D eigenvalue weighted by Crippen LogP contribution is 2.38. The van der Waals surface area contributed by atoms with Crippen molar-refractivity contribution in [1.82, 2.24) is 0 Å². The zero-order chi connectivity index (χ0) is 15.6. The van der Waals surface area contributed by atoms with E-state index in [2.05, 4.69) is 6.92 Å². The topological polar surface area (TPSA) is 60.7 Å². The van der Waals surface area contributed by atoms with Crippen LogP contribution in [-0.4, -0.2) is 15.3 Å². The molecule has 3 nitrogen and oxygen atoms in total. The van der Waals surface area contributed by atoms with Crippen LogP contribution in [0.25, 0.3) is 0 Å². The third kappa shape index (κ3) is 2.82. The van der Waals surface area contributed by atoms with Crippen molar-refractivity contribution in [3.63, 3.8) is 0 Å². The van der Waals surface area contributed by atoms with Crippen LogP contribution in [0.3, 0.4) is 0 Å². The van der Waals surface area contributed by atoms with E-state index < -0.39 is 0 Å². The molecular weight excluding hydrogens is 264 g/mol. The lowest BCUT2D eigenvalue weighted by molar-refractivity contribution is 0.403. The van der Waals surface area contributed by atoms with Crippen LogP contribution in [0, 0.1) is 6.92 Å². The number of hydrogen-bond donors (Lipinski definition) is 3. The summed E-state index contributed by atoms with van der Waals surface area (Å²) in [7, 11) is 0. The van der Waals surface area contributed by atoms with Crippen molar-refractivity contribution in [2.75, 3.05) is 0 Å². The Morgan fingerprint density at radius 2 is 1.67 bits per heavy atom. The van der Waals surface area contributed by atoms with Gasteiger partial charge in [0, 0.05) is 5.92 Å². The van der Waals surface area contributed by atoms with Crippen LogP contribution >= 0.6 is 0 Å². The van der Waals surface area contributed by atoms with Crippen molar-refractivity contribution in [2.45, 2.75) is 39.5 Å². The van der Waals surface area contributed by atoms with Gasteiger partial charge in [0.1, 0.15) is 5.75 Å². The number of phenols is 3. The molecular formula is C18H22O3. The molecule has 3 N–H and O–H groups in total. The summed E-state index contributed by atoms with van der Waals surface area (Å²) < 4.78 is 0. The second kappa shape index (κ2) is 6.08. The molecule has 0 saturated carbocycles. The smallest absolute Gasteiger partial charge is 0.157 e. The third-order valence-electron chi connectivity index (χ3n) is 4.06. The first kappa shape index (κ1) is 15.2. The second-order valence-corrected chi connectivity index (χ2v) is 5.36. The number of aryl methyl sites for hydroxylation is 1. The molecule has 2 rings (SSSR count). The summed E-state index contributed by atoms with van der Waals surface area (Å²) in [6.07, 6.45) is 1.60. The van der Waals surface area contributed by atoms with E-state index in [-0.39, 0.29) is 17.4 Å². The fraction of sp³-hybridized carbons (Fsp3) is 0.333. The van der Waals surface area contributed by atoms with E-state index in [9.17, 15) is 15.3 Å². The molecule has 2 aromatic carbocycles. The van der Waals surface area contributed by atoms with Crippen LogP contribution in [0.4, 0.5) is 0 Å². The number of phenolic OH excluding ortho intramolecular Hbond substituents is 3. The normalized spacial score (nSPS) is 12.3. The molecule has 1 unspecified atom stereocenters. The summed E-state index contributed by atoms with van der Waals surface area (Å²) in [5.74, 6) is 0.214. The Morgan fingerprint density at radius 3 is 2.24 bits per heavy atom. The molecule has 0 fully saturated rings. The Morgan fingerprint density at radius 1 is 0.952 bits per heavy atom. The molecule has 112 valence electrons. The average molecular weight is 286 g/mol. The fourth-order valence-electron chi connectivity index (χ4n) is 2.86. The van der Waals surface area contributed by atoms with Crippen LogP contribution in [0.1, 0.15) is 48.4 Å². The van der Waals surface area contributed by atoms with E-state index in [4.69, 9.17) is 0 Å². The van der Waals surface area contributed by atoms with Crippen LogP contribution < -0.4 is 0 Å². The number of hydrogen-bond acceptors (Lipinski definition) is 3. The van der Waals surface area contributed by atoms with Gasteiger partial charge in [-0.05, 0) is 54.2 Å². The maximum atomic E-state index is 10.3. The highest BCUT2D eigenvalue weighted by molar-refractivity contribution is 5.51. The van der Waals surface area contributed by atoms with Crippen molar-refractivity contribution in [3.05, 3.63) is 52.6 Å². The molecule has 0 radical (unpaired) electrons. The molecule has 0 heterocycles. The van der Waals surface area contributed by atoms with Gasteiger partial charge in [0.2, 0.25) is 0 Å². The van der Waals surface area contributed by atoms with Gasteiger partial charge >= 0.3 is 0 Å². The number of benzene rings is 2. The van der Waals surface area contributed by atoms with Gasteiger partial charge in [-0.15, -0.1) is 0 Å². The largest absolute Gasteiger partial charge is 0.507 e. The van der Waals surface area contributed by atoms with Gasteiger partial charge in [0.15, 0.2) is 11.5 Å². The van der Waals surface area contributed by atoms with Crippen molar-refractivity contribution in [3.8, 4) is 17.2 Å². The van der Waals surface area contributed by atoms with Crippen LogP contribution in [0.2, 0.25) is 0 Å². The predicted molar refractivity (Wildman–Crippen MR) is 84.1 cm³/mol. The molecule has 0 saturated heterocycles. The van der Waals surface area contributed by atoms with E-state index in [0.717, 1.165) is 35.1 Å². The molecule has 0 aliphatic carbocycles. The van der Waals surface area contributed by atoms with E-state index >= 15 is 0 Å². The Hall–Kier alpha value is -2.16. The molecule has 0 aliphatic rings. The van der Waals surface area contributed by atoms with Gasteiger partial charge < -0.3 is 15.3 Å². The zero-order valence-electron chi connectivity index (χ0n) is 12.7. The predicted octanol–water partition coefficient (Wildman–Crippen LogP) is 4.22. The fourth-order valence-corrected chi connectivity index (χ4v) is 2.86. The minimum absolute atomic E-state index is 0.0814. The summed E-state index contributed by atoms with van der Waals surface area (Å²) in [5, 5.41) is 29.5. The average Bonchev–Trinajstić information content (AvgIpc) is 2.47. The van der Waals surface area contributed by atoms with E-state index in [0.29, 0.717) is 5.75 Å². The highest BCUT2D eigenvalue weighted by Gasteiger charge is 2.19. The number of aromatic hydroxyl groups is 3. The first-order valence-corrected chi connectivity index (χ1v) is 7.32. The molecule has 1 atom stereocenters. The minimum atomic E-state index is -0.115. The Labute approximate surface area is 125 Å². The van der Waals surface area contributed by atoms with Crippen molar-refractivity contribution in [2.24, 2.45) is 0 Å². The van der Waals surface area contributed by atoms with Gasteiger partial charge in [-0.1, -0.05) is 32.0 Å². The zero-order valence-corrected chi connectivity index (χ0v) is 12.7. The Bertz CT molecular complexity index is 647. The molecule has 0 aliphatic heterocycles. The maximum absolute atomic E-state index is 10.3. The van der Waals surface area contributed by atoms with Crippen LogP contribution in [-0.2, 0) is 6.42 Å². The molecule has 21 heavy (non-hydrogen) atoms. The van der Waals surface area contributed by atoms with Gasteiger partial charge in [-0.2, -0.15) is 0 Å². The molecule has 0 spiro atoms. The van der Waals surface area contributed by atoms with Crippen molar-refractivity contribution in [1.29, 1.82) is 0 Å². The molecule has 0 amide bonds. The monoisotopic (exact) mass is 286 g/mol. The highest BCUT2D eigenvalue weighted by atomic mass is 16.3. The molecule has 3 heteroatoms. The quantitative estimate of drug-likeness (QED) is 0.738. The second-order valence-electron chi connectivity index (χ2n) is 5.36. The third-order valence-corrected chi connectivity index (χ3v) is 4.06. The SMILES string of the molecule is CCc1c(C(CC)c2ccc(O)c(O)c2)ccc(C)c1O. The van der Waals surface area contributed by atoms with E-state index in [1.54, 1.807) is 6.07 Å². The summed E-state index contributed by atoms with van der Waals surface area (Å²) in [5.41, 5.74) is 3.84. The standard InChI is InChI=1S/C18H22O3/c1-4-13(12-7-9-16(19)17(20)10-12)15-8-6-11(3)18(21)14(15)5-2/h6-10,13,19-21H,4-5H2,1-3H3. The first-order valence-electron chi connectivity index (χ1n) is 7.32. The lowest BCUT2D eigenvalue weighted by Gasteiger charge is -2.21. The summed E-state index contributed by atoms with van der Waals surface area (Å²) in [6, 6.07) is 8.89.